The van der Waals surface area contributed by atoms with Crippen LogP contribution in [-0.2, 0) is 6.61 Å². The Labute approximate surface area is 170 Å². The van der Waals surface area contributed by atoms with Gasteiger partial charge in [0.15, 0.2) is 0 Å². The van der Waals surface area contributed by atoms with Crippen molar-refractivity contribution in [2.45, 2.75) is 20.5 Å². The van der Waals surface area contributed by atoms with Gasteiger partial charge >= 0.3 is 0 Å². The smallest absolute Gasteiger partial charge is 0.293 e. The summed E-state index contributed by atoms with van der Waals surface area (Å²) in [6, 6.07) is 11.8. The van der Waals surface area contributed by atoms with Crippen LogP contribution < -0.4 is 10.1 Å². The van der Waals surface area contributed by atoms with Gasteiger partial charge in [-0.15, -0.1) is 11.3 Å². The summed E-state index contributed by atoms with van der Waals surface area (Å²) in [5.74, 6) is 0.322. The lowest BCUT2D eigenvalue weighted by atomic mass is 10.2. The number of nitro groups is 1. The number of aryl methyl sites for hydroxylation is 2. The molecule has 0 unspecified atom stereocenters. The maximum absolute atomic E-state index is 12.5. The molecular weight excluding hydrogens is 400 g/mol. The zero-order valence-corrected chi connectivity index (χ0v) is 16.8. The molecule has 0 saturated carbocycles. The Morgan fingerprint density at radius 2 is 2.00 bits per heavy atom. The molecule has 1 aromatic heterocycles. The number of nitrogens with one attached hydrogen (secondary N) is 1. The third kappa shape index (κ3) is 4.68. The van der Waals surface area contributed by atoms with Crippen LogP contribution >= 0.6 is 22.9 Å². The molecule has 0 radical (unpaired) electrons. The van der Waals surface area contributed by atoms with E-state index in [-0.39, 0.29) is 11.4 Å². The molecule has 0 aliphatic carbocycles. The van der Waals surface area contributed by atoms with E-state index in [1.54, 1.807) is 31.2 Å². The van der Waals surface area contributed by atoms with Crippen LogP contribution in [0.4, 0.5) is 11.4 Å². The fourth-order valence-corrected chi connectivity index (χ4v) is 3.61. The van der Waals surface area contributed by atoms with Gasteiger partial charge in [0.1, 0.15) is 18.0 Å². The predicted molar refractivity (Wildman–Crippen MR) is 111 cm³/mol. The molecule has 0 spiro atoms. The van der Waals surface area contributed by atoms with E-state index in [1.165, 1.54) is 23.5 Å². The fraction of sp³-hybridized carbons (Fsp3) is 0.150. The Balaban J connectivity index is 1.68. The highest BCUT2D eigenvalue weighted by Crippen LogP contribution is 2.27. The van der Waals surface area contributed by atoms with E-state index >= 15 is 0 Å². The summed E-state index contributed by atoms with van der Waals surface area (Å²) in [7, 11) is 0. The van der Waals surface area contributed by atoms with Crippen LogP contribution in [0, 0.1) is 24.0 Å². The zero-order chi connectivity index (χ0) is 20.3. The monoisotopic (exact) mass is 416 g/mol. The number of anilines is 1. The van der Waals surface area contributed by atoms with Crippen LogP contribution in [0.2, 0.25) is 5.02 Å². The zero-order valence-electron chi connectivity index (χ0n) is 15.2. The van der Waals surface area contributed by atoms with Gasteiger partial charge in [0.25, 0.3) is 11.6 Å². The maximum Gasteiger partial charge on any atom is 0.293 e. The number of nitrogens with zero attached hydrogens (tertiary/aromatic N) is 1. The minimum atomic E-state index is -0.509. The van der Waals surface area contributed by atoms with Gasteiger partial charge in [0.05, 0.1) is 9.80 Å². The van der Waals surface area contributed by atoms with Crippen LogP contribution in [0.25, 0.3) is 0 Å². The highest BCUT2D eigenvalue weighted by Gasteiger charge is 2.18. The number of hydrogen-bond donors (Lipinski definition) is 1. The molecule has 3 rings (SSSR count). The van der Waals surface area contributed by atoms with E-state index in [0.29, 0.717) is 16.5 Å². The summed E-state index contributed by atoms with van der Waals surface area (Å²) in [5.41, 5.74) is 2.54. The molecule has 1 amide bonds. The quantitative estimate of drug-likeness (QED) is 0.409. The van der Waals surface area contributed by atoms with Crippen molar-refractivity contribution in [3.63, 3.8) is 0 Å². The van der Waals surface area contributed by atoms with Crippen molar-refractivity contribution in [1.82, 2.24) is 0 Å². The molecule has 8 heteroatoms. The number of rotatable bonds is 6. The van der Waals surface area contributed by atoms with E-state index in [2.05, 4.69) is 5.32 Å². The number of carbonyl (C=O) groups is 1. The minimum absolute atomic E-state index is 0.133. The summed E-state index contributed by atoms with van der Waals surface area (Å²) in [6.07, 6.45) is 0. The summed E-state index contributed by atoms with van der Waals surface area (Å²) in [4.78, 5) is 23.6. The Morgan fingerprint density at radius 1 is 1.21 bits per heavy atom. The van der Waals surface area contributed by atoms with Crippen LogP contribution in [0.3, 0.4) is 0 Å². The number of thiophene rings is 1. The molecule has 0 atom stereocenters. The Morgan fingerprint density at radius 3 is 2.71 bits per heavy atom. The van der Waals surface area contributed by atoms with Crippen LogP contribution in [0.5, 0.6) is 5.75 Å². The maximum atomic E-state index is 12.5. The lowest BCUT2D eigenvalue weighted by Crippen LogP contribution is -2.11. The van der Waals surface area contributed by atoms with Crippen LogP contribution in [0.1, 0.15) is 26.4 Å². The summed E-state index contributed by atoms with van der Waals surface area (Å²) in [6.45, 7) is 3.96. The normalized spacial score (nSPS) is 10.5. The summed E-state index contributed by atoms with van der Waals surface area (Å²) < 4.78 is 5.78. The first kappa shape index (κ1) is 19.9. The molecule has 28 heavy (non-hydrogen) atoms. The second kappa shape index (κ2) is 8.41. The van der Waals surface area contributed by atoms with Crippen LogP contribution in [0.15, 0.2) is 47.8 Å². The lowest BCUT2D eigenvalue weighted by molar-refractivity contribution is -0.384. The fourth-order valence-electron chi connectivity index (χ4n) is 2.59. The van der Waals surface area contributed by atoms with Crippen LogP contribution in [-0.4, -0.2) is 10.8 Å². The first-order chi connectivity index (χ1) is 13.3. The number of ether oxygens (including phenoxy) is 1. The van der Waals surface area contributed by atoms with Crippen molar-refractivity contribution >= 4 is 40.2 Å². The average Bonchev–Trinajstić information content (AvgIpc) is 3.11. The molecule has 6 nitrogen and oxygen atoms in total. The van der Waals surface area contributed by atoms with Gasteiger partial charge < -0.3 is 10.1 Å². The molecule has 2 aromatic carbocycles. The number of hydrogen-bond acceptors (Lipinski definition) is 5. The number of amides is 1. The number of benzene rings is 2. The topological polar surface area (TPSA) is 81.5 Å². The second-order valence-corrected chi connectivity index (χ2v) is 7.60. The van der Waals surface area contributed by atoms with Gasteiger partial charge in [-0.1, -0.05) is 17.7 Å². The minimum Gasteiger partial charge on any atom is -0.489 e. The molecule has 0 bridgehead atoms. The van der Waals surface area contributed by atoms with Gasteiger partial charge in [-0.2, -0.15) is 0 Å². The van der Waals surface area contributed by atoms with Gasteiger partial charge in [-0.05, 0) is 60.7 Å². The van der Waals surface area contributed by atoms with Gasteiger partial charge in [0.2, 0.25) is 0 Å². The Hall–Kier alpha value is -2.90. The molecule has 0 fully saturated rings. The molecule has 144 valence electrons. The van der Waals surface area contributed by atoms with E-state index in [4.69, 9.17) is 16.3 Å². The predicted octanol–water partition coefficient (Wildman–Crippen LogP) is 5.76. The highest BCUT2D eigenvalue weighted by atomic mass is 35.5. The molecular formula is C20H17ClN2O4S. The third-order valence-corrected chi connectivity index (χ3v) is 5.22. The van der Waals surface area contributed by atoms with Crippen molar-refractivity contribution in [2.24, 2.45) is 0 Å². The summed E-state index contributed by atoms with van der Waals surface area (Å²) in [5, 5.41) is 16.3. The lowest BCUT2D eigenvalue weighted by Gasteiger charge is -2.08. The molecule has 0 aliphatic rings. The molecule has 1 heterocycles. The SMILES string of the molecule is Cc1ccc(NC(=O)c2cc(COc3ccc(Cl)cc3C)cs2)c([N+](=O)[O-])c1. The van der Waals surface area contributed by atoms with Gasteiger partial charge in [0, 0.05) is 16.7 Å². The number of nitro benzene ring substituents is 1. The Kier molecular flexibility index (Phi) is 5.96. The molecule has 0 saturated heterocycles. The highest BCUT2D eigenvalue weighted by molar-refractivity contribution is 7.12. The Bertz CT molecular complexity index is 1050. The van der Waals surface area contributed by atoms with Crippen molar-refractivity contribution < 1.29 is 14.5 Å². The van der Waals surface area contributed by atoms with Gasteiger partial charge in [-0.3, -0.25) is 14.9 Å². The molecule has 1 N–H and O–H groups in total. The summed E-state index contributed by atoms with van der Waals surface area (Å²) >= 11 is 7.19. The van der Waals surface area contributed by atoms with Crippen molar-refractivity contribution in [1.29, 1.82) is 0 Å². The number of carbonyl (C=O) groups excluding carboxylic acids is 1. The first-order valence-electron chi connectivity index (χ1n) is 8.36. The van der Waals surface area contributed by atoms with Crippen molar-refractivity contribution in [3.05, 3.63) is 84.5 Å². The van der Waals surface area contributed by atoms with Crippen molar-refractivity contribution in [2.75, 3.05) is 5.32 Å². The largest absolute Gasteiger partial charge is 0.489 e. The van der Waals surface area contributed by atoms with E-state index in [0.717, 1.165) is 22.4 Å². The van der Waals surface area contributed by atoms with E-state index < -0.39 is 10.8 Å². The van der Waals surface area contributed by atoms with Crippen molar-refractivity contribution in [3.8, 4) is 5.75 Å². The first-order valence-corrected chi connectivity index (χ1v) is 9.62. The van der Waals surface area contributed by atoms with Gasteiger partial charge in [-0.25, -0.2) is 0 Å². The molecule has 0 aliphatic heterocycles. The number of halogens is 1. The second-order valence-electron chi connectivity index (χ2n) is 6.25. The molecule has 3 aromatic rings. The standard InChI is InChI=1S/C20H17ClN2O4S/c1-12-3-5-16(17(7-12)23(25)26)22-20(24)19-9-14(11-28-19)10-27-18-6-4-15(21)8-13(18)2/h3-9,11H,10H2,1-2H3,(H,22,24). The third-order valence-electron chi connectivity index (χ3n) is 4.01. The van der Waals surface area contributed by atoms with E-state index in [1.807, 2.05) is 18.4 Å². The average molecular weight is 417 g/mol. The van der Waals surface area contributed by atoms with E-state index in [9.17, 15) is 14.9 Å².